The highest BCUT2D eigenvalue weighted by atomic mass is 19.4. The Bertz CT molecular complexity index is 761. The van der Waals surface area contributed by atoms with Gasteiger partial charge in [-0.3, -0.25) is 0 Å². The van der Waals surface area contributed by atoms with Crippen molar-refractivity contribution in [1.29, 1.82) is 0 Å². The largest absolute Gasteiger partial charge is 0.462 e. The summed E-state index contributed by atoms with van der Waals surface area (Å²) in [6.45, 7) is 0.594. The Labute approximate surface area is 177 Å². The van der Waals surface area contributed by atoms with Gasteiger partial charge in [0, 0.05) is 0 Å². The molecule has 0 spiro atoms. The summed E-state index contributed by atoms with van der Waals surface area (Å²) in [7, 11) is 0. The summed E-state index contributed by atoms with van der Waals surface area (Å²) in [6.07, 6.45) is -14.9. The van der Waals surface area contributed by atoms with Crippen LogP contribution in [0.25, 0.3) is 0 Å². The summed E-state index contributed by atoms with van der Waals surface area (Å²) < 4.78 is 225. The van der Waals surface area contributed by atoms with Crippen molar-refractivity contribution in [2.75, 3.05) is 6.61 Å². The first-order chi connectivity index (χ1) is 14.8. The van der Waals surface area contributed by atoms with Gasteiger partial charge in [-0.2, -0.15) is 74.6 Å². The quantitative estimate of drug-likeness (QED) is 0.118. The van der Waals surface area contributed by atoms with Crippen LogP contribution in [0.2, 0.25) is 0 Å². The first-order valence-electron chi connectivity index (χ1n) is 8.32. The summed E-state index contributed by atoms with van der Waals surface area (Å²) >= 11 is 0. The van der Waals surface area contributed by atoms with Crippen molar-refractivity contribution in [2.24, 2.45) is 0 Å². The van der Waals surface area contributed by atoms with Crippen molar-refractivity contribution < 1.29 is 84.2 Å². The highest BCUT2D eigenvalue weighted by molar-refractivity contribution is 5.88. The van der Waals surface area contributed by atoms with E-state index in [1.165, 1.54) is 6.92 Å². The van der Waals surface area contributed by atoms with E-state index in [9.17, 15) is 79.4 Å². The van der Waals surface area contributed by atoms with E-state index in [4.69, 9.17) is 0 Å². The number of hydrogen-bond acceptors (Lipinski definition) is 2. The number of unbranched alkanes of at least 4 members (excludes halogenated alkanes) is 1. The molecule has 0 saturated carbocycles. The third-order valence-corrected chi connectivity index (χ3v) is 4.00. The number of ether oxygens (including phenoxy) is 1. The van der Waals surface area contributed by atoms with Crippen LogP contribution in [0.4, 0.5) is 74.6 Å². The summed E-state index contributed by atoms with van der Waals surface area (Å²) in [5.41, 5.74) is -2.81. The Kier molecular flexibility index (Phi) is 9.02. The van der Waals surface area contributed by atoms with Gasteiger partial charge in [0.1, 0.15) is 5.57 Å². The number of halogens is 17. The molecule has 0 aliphatic heterocycles. The number of hydrogen-bond donors (Lipinski definition) is 0. The average Bonchev–Trinajstić information content (AvgIpc) is 2.64. The average molecular weight is 546 g/mol. The van der Waals surface area contributed by atoms with Crippen molar-refractivity contribution in [3.8, 4) is 0 Å². The third-order valence-electron chi connectivity index (χ3n) is 4.00. The first-order valence-corrected chi connectivity index (χ1v) is 8.32. The topological polar surface area (TPSA) is 26.3 Å². The van der Waals surface area contributed by atoms with Crippen LogP contribution >= 0.6 is 0 Å². The lowest BCUT2D eigenvalue weighted by molar-refractivity contribution is -0.452. The molecular weight excluding hydrogens is 535 g/mol. The van der Waals surface area contributed by atoms with Gasteiger partial charge in [0.2, 0.25) is 0 Å². The molecule has 0 saturated heterocycles. The molecule has 0 aromatic heterocycles. The lowest BCUT2D eigenvalue weighted by Gasteiger charge is -2.41. The van der Waals surface area contributed by atoms with Crippen molar-refractivity contribution in [2.45, 2.75) is 67.9 Å². The number of carbonyl (C=O) groups is 1. The Morgan fingerprint density at radius 3 is 1.38 bits per heavy atom. The van der Waals surface area contributed by atoms with E-state index in [1.807, 2.05) is 0 Å². The summed E-state index contributed by atoms with van der Waals surface area (Å²) in [6, 6.07) is 0. The van der Waals surface area contributed by atoms with Gasteiger partial charge in [0.25, 0.3) is 6.08 Å². The van der Waals surface area contributed by atoms with Gasteiger partial charge in [0.15, 0.2) is 0 Å². The normalized spacial score (nSPS) is 14.8. The van der Waals surface area contributed by atoms with Crippen LogP contribution in [-0.4, -0.2) is 54.3 Å². The zero-order valence-electron chi connectivity index (χ0n) is 16.1. The minimum Gasteiger partial charge on any atom is -0.462 e. The number of esters is 1. The van der Waals surface area contributed by atoms with E-state index in [-0.39, 0.29) is 12.8 Å². The SMILES string of the molecule is CCCCOC(=O)C(CC(F)(F)C(F)(F)C(F)(F)C(F)(F)C(F)(F)C(F)(F)C(F)(F)F)=C(F)F. The van der Waals surface area contributed by atoms with Gasteiger partial charge in [-0.1, -0.05) is 13.3 Å². The highest BCUT2D eigenvalue weighted by Crippen LogP contribution is 2.62. The Balaban J connectivity index is 6.45. The molecule has 0 rings (SSSR count). The summed E-state index contributed by atoms with van der Waals surface area (Å²) in [5.74, 6) is -51.2. The molecule has 0 unspecified atom stereocenters. The predicted molar refractivity (Wildman–Crippen MR) is 75.5 cm³/mol. The molecule has 0 aromatic rings. The number of carbonyl (C=O) groups excluding carboxylic acids is 1. The lowest BCUT2D eigenvalue weighted by atomic mass is 9.89. The first kappa shape index (κ1) is 32.0. The van der Waals surface area contributed by atoms with Gasteiger partial charge in [0.05, 0.1) is 13.0 Å². The lowest BCUT2D eigenvalue weighted by Crippen LogP contribution is -2.72. The van der Waals surface area contributed by atoms with Crippen molar-refractivity contribution in [1.82, 2.24) is 0 Å². The van der Waals surface area contributed by atoms with E-state index >= 15 is 0 Å². The summed E-state index contributed by atoms with van der Waals surface area (Å²) in [4.78, 5) is 11.3. The van der Waals surface area contributed by atoms with E-state index in [1.54, 1.807) is 0 Å². The predicted octanol–water partition coefficient (Wildman–Crippen LogP) is 7.24. The second-order valence-corrected chi connectivity index (χ2v) is 6.48. The molecule has 2 nitrogen and oxygen atoms in total. The fourth-order valence-electron chi connectivity index (χ4n) is 1.94. The third kappa shape index (κ3) is 5.16. The van der Waals surface area contributed by atoms with E-state index in [2.05, 4.69) is 4.74 Å². The number of rotatable bonds is 11. The van der Waals surface area contributed by atoms with Crippen LogP contribution in [0.15, 0.2) is 11.7 Å². The van der Waals surface area contributed by atoms with Gasteiger partial charge in [-0.25, -0.2) is 4.79 Å². The molecule has 0 atom stereocenters. The molecule has 202 valence electrons. The smallest absolute Gasteiger partial charge is 0.460 e. The molecule has 34 heavy (non-hydrogen) atoms. The van der Waals surface area contributed by atoms with Crippen LogP contribution < -0.4 is 0 Å². The van der Waals surface area contributed by atoms with Gasteiger partial charge < -0.3 is 4.74 Å². The highest BCUT2D eigenvalue weighted by Gasteiger charge is 2.93. The standard InChI is InChI=1S/C15H11F17O2/c1-2-3-4-34-8(33)6(7(16)17)5-9(18,19)10(20,21)11(22,23)12(24,25)13(26,27)14(28,29)15(30,31)32/h2-5H2,1H3. The van der Waals surface area contributed by atoms with Crippen LogP contribution in [0.5, 0.6) is 0 Å². The molecule has 0 aliphatic rings. The van der Waals surface area contributed by atoms with Gasteiger partial charge in [-0.05, 0) is 6.42 Å². The van der Waals surface area contributed by atoms with Crippen molar-refractivity contribution in [3.05, 3.63) is 11.7 Å². The van der Waals surface area contributed by atoms with Crippen molar-refractivity contribution in [3.63, 3.8) is 0 Å². The van der Waals surface area contributed by atoms with Crippen LogP contribution in [-0.2, 0) is 9.53 Å². The molecule has 0 aromatic carbocycles. The van der Waals surface area contributed by atoms with Crippen LogP contribution in [0.3, 0.4) is 0 Å². The molecule has 19 heteroatoms. The van der Waals surface area contributed by atoms with Crippen LogP contribution in [0.1, 0.15) is 26.2 Å². The molecule has 0 radical (unpaired) electrons. The second kappa shape index (κ2) is 9.58. The second-order valence-electron chi connectivity index (χ2n) is 6.48. The number of alkyl halides is 15. The van der Waals surface area contributed by atoms with E-state index in [0.29, 0.717) is 0 Å². The van der Waals surface area contributed by atoms with Gasteiger partial charge in [-0.15, -0.1) is 0 Å². The maximum atomic E-state index is 13.7. The molecular formula is C15H11F17O2. The molecule has 0 aliphatic carbocycles. The Morgan fingerprint density at radius 2 is 1.03 bits per heavy atom. The van der Waals surface area contributed by atoms with Gasteiger partial charge >= 0.3 is 47.7 Å². The monoisotopic (exact) mass is 546 g/mol. The molecule has 0 heterocycles. The van der Waals surface area contributed by atoms with E-state index in [0.717, 1.165) is 0 Å². The van der Waals surface area contributed by atoms with Crippen molar-refractivity contribution >= 4 is 5.97 Å². The Morgan fingerprint density at radius 1 is 0.647 bits per heavy atom. The molecule has 0 bridgehead atoms. The zero-order chi connectivity index (χ0) is 27.8. The summed E-state index contributed by atoms with van der Waals surface area (Å²) in [5, 5.41) is 0. The minimum absolute atomic E-state index is 0.133. The fraction of sp³-hybridized carbons (Fsp3) is 0.800. The zero-order valence-corrected chi connectivity index (χ0v) is 16.1. The maximum Gasteiger partial charge on any atom is 0.460 e. The van der Waals surface area contributed by atoms with E-state index < -0.39 is 72.4 Å². The molecule has 0 fully saturated rings. The maximum absolute atomic E-state index is 13.7. The Hall–Kier alpha value is -1.98. The van der Waals surface area contributed by atoms with Crippen LogP contribution in [0, 0.1) is 0 Å². The molecule has 0 N–H and O–H groups in total. The fourth-order valence-corrected chi connectivity index (χ4v) is 1.94. The molecule has 0 amide bonds. The minimum atomic E-state index is -8.55.